The lowest BCUT2D eigenvalue weighted by Crippen LogP contribution is -2.20. The van der Waals surface area contributed by atoms with Crippen LogP contribution in [0, 0.1) is 13.8 Å². The van der Waals surface area contributed by atoms with Crippen LogP contribution in [0.5, 0.6) is 0 Å². The molecule has 0 radical (unpaired) electrons. The smallest absolute Gasteiger partial charge is 0.254 e. The molecule has 0 spiro atoms. The lowest BCUT2D eigenvalue weighted by atomic mass is 10.1. The largest absolute Gasteiger partial charge is 0.378 e. The van der Waals surface area contributed by atoms with Crippen molar-refractivity contribution in [3.05, 3.63) is 27.4 Å². The molecule has 0 saturated carbocycles. The van der Waals surface area contributed by atoms with Gasteiger partial charge >= 0.3 is 0 Å². The SMILES string of the molecule is Cc1nc(CC2CCCO2)[nH]c(=O)c1C. The minimum atomic E-state index is -0.0319. The van der Waals surface area contributed by atoms with Crippen molar-refractivity contribution in [1.29, 1.82) is 0 Å². The van der Waals surface area contributed by atoms with Crippen LogP contribution in [0.1, 0.15) is 29.9 Å². The van der Waals surface area contributed by atoms with Gasteiger partial charge in [0, 0.05) is 24.3 Å². The first kappa shape index (κ1) is 10.4. The van der Waals surface area contributed by atoms with Crippen LogP contribution in [0.2, 0.25) is 0 Å². The number of aryl methyl sites for hydroxylation is 1. The van der Waals surface area contributed by atoms with E-state index in [2.05, 4.69) is 9.97 Å². The van der Waals surface area contributed by atoms with Crippen LogP contribution >= 0.6 is 0 Å². The van der Waals surface area contributed by atoms with Gasteiger partial charge in [-0.2, -0.15) is 0 Å². The van der Waals surface area contributed by atoms with Crippen LogP contribution in [-0.2, 0) is 11.2 Å². The molecule has 0 aliphatic carbocycles. The normalized spacial score (nSPS) is 20.8. The Labute approximate surface area is 88.7 Å². The molecule has 4 heteroatoms. The van der Waals surface area contributed by atoms with E-state index in [0.29, 0.717) is 5.56 Å². The van der Waals surface area contributed by atoms with Crippen molar-refractivity contribution in [3.8, 4) is 0 Å². The Morgan fingerprint density at radius 3 is 2.93 bits per heavy atom. The van der Waals surface area contributed by atoms with E-state index in [1.807, 2.05) is 6.92 Å². The maximum absolute atomic E-state index is 11.5. The van der Waals surface area contributed by atoms with Crippen LogP contribution in [0.25, 0.3) is 0 Å². The third-order valence-electron chi connectivity index (χ3n) is 2.89. The molecule has 2 heterocycles. The van der Waals surface area contributed by atoms with Gasteiger partial charge in [-0.15, -0.1) is 0 Å². The summed E-state index contributed by atoms with van der Waals surface area (Å²) in [5.41, 5.74) is 1.48. The van der Waals surface area contributed by atoms with Crippen molar-refractivity contribution in [3.63, 3.8) is 0 Å². The molecule has 1 aliphatic rings. The lowest BCUT2D eigenvalue weighted by Gasteiger charge is -2.09. The first-order valence-electron chi connectivity index (χ1n) is 5.35. The average molecular weight is 208 g/mol. The zero-order chi connectivity index (χ0) is 10.8. The van der Waals surface area contributed by atoms with Crippen LogP contribution in [0.3, 0.4) is 0 Å². The molecule has 0 aromatic carbocycles. The summed E-state index contributed by atoms with van der Waals surface area (Å²) in [6.07, 6.45) is 3.13. The Morgan fingerprint density at radius 2 is 2.33 bits per heavy atom. The summed E-state index contributed by atoms with van der Waals surface area (Å²) >= 11 is 0. The predicted molar refractivity (Wildman–Crippen MR) is 57.0 cm³/mol. The van der Waals surface area contributed by atoms with Gasteiger partial charge in [0.2, 0.25) is 0 Å². The second-order valence-corrected chi connectivity index (χ2v) is 4.06. The molecule has 2 rings (SSSR count). The molecule has 82 valence electrons. The van der Waals surface area contributed by atoms with Gasteiger partial charge < -0.3 is 9.72 Å². The van der Waals surface area contributed by atoms with E-state index >= 15 is 0 Å². The molecule has 1 aromatic rings. The number of hydrogen-bond donors (Lipinski definition) is 1. The Balaban J connectivity index is 2.18. The number of H-pyrrole nitrogens is 1. The molecule has 1 fully saturated rings. The minimum Gasteiger partial charge on any atom is -0.378 e. The molecule has 1 saturated heterocycles. The molecule has 15 heavy (non-hydrogen) atoms. The highest BCUT2D eigenvalue weighted by atomic mass is 16.5. The summed E-state index contributed by atoms with van der Waals surface area (Å²) in [7, 11) is 0. The van der Waals surface area contributed by atoms with Gasteiger partial charge in [0.1, 0.15) is 5.82 Å². The number of aromatic amines is 1. The number of aromatic nitrogens is 2. The predicted octanol–water partition coefficient (Wildman–Crippen LogP) is 1.11. The van der Waals surface area contributed by atoms with Gasteiger partial charge in [0.05, 0.1) is 6.10 Å². The Kier molecular flexibility index (Phi) is 2.86. The topological polar surface area (TPSA) is 55.0 Å². The van der Waals surface area contributed by atoms with Gasteiger partial charge in [-0.05, 0) is 26.7 Å². The van der Waals surface area contributed by atoms with Crippen molar-refractivity contribution in [2.24, 2.45) is 0 Å². The minimum absolute atomic E-state index is 0.0319. The first-order valence-corrected chi connectivity index (χ1v) is 5.35. The molecule has 4 nitrogen and oxygen atoms in total. The maximum Gasteiger partial charge on any atom is 0.254 e. The van der Waals surface area contributed by atoms with Crippen LogP contribution < -0.4 is 5.56 Å². The second-order valence-electron chi connectivity index (χ2n) is 4.06. The Morgan fingerprint density at radius 1 is 1.53 bits per heavy atom. The van der Waals surface area contributed by atoms with E-state index in [0.717, 1.165) is 37.4 Å². The van der Waals surface area contributed by atoms with Crippen LogP contribution in [0.4, 0.5) is 0 Å². The fourth-order valence-corrected chi connectivity index (χ4v) is 1.82. The monoisotopic (exact) mass is 208 g/mol. The van der Waals surface area contributed by atoms with Crippen molar-refractivity contribution in [2.75, 3.05) is 6.61 Å². The highest BCUT2D eigenvalue weighted by molar-refractivity contribution is 5.14. The highest BCUT2D eigenvalue weighted by Crippen LogP contribution is 2.15. The zero-order valence-corrected chi connectivity index (χ0v) is 9.17. The molecular weight excluding hydrogens is 192 g/mol. The molecule has 1 atom stereocenters. The summed E-state index contributed by atoms with van der Waals surface area (Å²) in [6, 6.07) is 0. The van der Waals surface area contributed by atoms with E-state index in [9.17, 15) is 4.79 Å². The van der Waals surface area contributed by atoms with Crippen LogP contribution in [0.15, 0.2) is 4.79 Å². The van der Waals surface area contributed by atoms with Gasteiger partial charge in [-0.25, -0.2) is 4.98 Å². The van der Waals surface area contributed by atoms with E-state index in [1.165, 1.54) is 0 Å². The molecule has 1 N–H and O–H groups in total. The Hall–Kier alpha value is -1.16. The number of nitrogens with zero attached hydrogens (tertiary/aromatic N) is 1. The van der Waals surface area contributed by atoms with E-state index in [-0.39, 0.29) is 11.7 Å². The van der Waals surface area contributed by atoms with Gasteiger partial charge in [0.15, 0.2) is 0 Å². The van der Waals surface area contributed by atoms with Crippen LogP contribution in [-0.4, -0.2) is 22.7 Å². The third-order valence-corrected chi connectivity index (χ3v) is 2.89. The highest BCUT2D eigenvalue weighted by Gasteiger charge is 2.17. The number of hydrogen-bond acceptors (Lipinski definition) is 3. The standard InChI is InChI=1S/C11H16N2O2/c1-7-8(2)12-10(13-11(7)14)6-9-4-3-5-15-9/h9H,3-6H2,1-2H3,(H,12,13,14). The third kappa shape index (κ3) is 2.26. The zero-order valence-electron chi connectivity index (χ0n) is 9.17. The van der Waals surface area contributed by atoms with Gasteiger partial charge in [0.25, 0.3) is 5.56 Å². The molecular formula is C11H16N2O2. The van der Waals surface area contributed by atoms with E-state index in [4.69, 9.17) is 4.74 Å². The van der Waals surface area contributed by atoms with Crippen molar-refractivity contribution in [2.45, 2.75) is 39.2 Å². The average Bonchev–Trinajstić information content (AvgIpc) is 2.66. The molecule has 1 unspecified atom stereocenters. The van der Waals surface area contributed by atoms with Gasteiger partial charge in [-0.1, -0.05) is 0 Å². The van der Waals surface area contributed by atoms with E-state index in [1.54, 1.807) is 6.92 Å². The molecule has 0 bridgehead atoms. The van der Waals surface area contributed by atoms with Crippen molar-refractivity contribution < 1.29 is 4.74 Å². The summed E-state index contributed by atoms with van der Waals surface area (Å²) in [4.78, 5) is 18.7. The van der Waals surface area contributed by atoms with E-state index < -0.39 is 0 Å². The lowest BCUT2D eigenvalue weighted by molar-refractivity contribution is 0.110. The van der Waals surface area contributed by atoms with Gasteiger partial charge in [-0.3, -0.25) is 4.79 Å². The number of rotatable bonds is 2. The maximum atomic E-state index is 11.5. The van der Waals surface area contributed by atoms with Crippen molar-refractivity contribution in [1.82, 2.24) is 9.97 Å². The molecule has 1 aliphatic heterocycles. The number of ether oxygens (including phenoxy) is 1. The fourth-order valence-electron chi connectivity index (χ4n) is 1.82. The molecule has 0 amide bonds. The Bertz CT molecular complexity index is 406. The first-order chi connectivity index (χ1) is 7.16. The van der Waals surface area contributed by atoms with Crippen molar-refractivity contribution >= 4 is 0 Å². The number of nitrogens with one attached hydrogen (secondary N) is 1. The second kappa shape index (κ2) is 4.14. The summed E-state index contributed by atoms with van der Waals surface area (Å²) in [6.45, 7) is 4.49. The fraction of sp³-hybridized carbons (Fsp3) is 0.636. The summed E-state index contributed by atoms with van der Waals surface area (Å²) < 4.78 is 5.50. The summed E-state index contributed by atoms with van der Waals surface area (Å²) in [5, 5.41) is 0. The molecule has 1 aromatic heterocycles. The summed E-state index contributed by atoms with van der Waals surface area (Å²) in [5.74, 6) is 0.745. The quantitative estimate of drug-likeness (QED) is 0.792.